The average molecular weight is 301 g/mol. The molecule has 2 atom stereocenters. The highest BCUT2D eigenvalue weighted by atomic mass is 16.5. The number of carbonyl (C=O) groups is 2. The molecule has 0 radical (unpaired) electrons. The minimum atomic E-state index is -0.367. The summed E-state index contributed by atoms with van der Waals surface area (Å²) in [7, 11) is 1.39. The Kier molecular flexibility index (Phi) is 4.46. The summed E-state index contributed by atoms with van der Waals surface area (Å²) in [5.41, 5.74) is 2.79. The fourth-order valence-corrected chi connectivity index (χ4v) is 3.76. The van der Waals surface area contributed by atoms with Gasteiger partial charge < -0.3 is 9.64 Å². The van der Waals surface area contributed by atoms with Gasteiger partial charge >= 0.3 is 5.97 Å². The Hall–Kier alpha value is -1.84. The zero-order valence-corrected chi connectivity index (χ0v) is 13.1. The lowest BCUT2D eigenvalue weighted by Gasteiger charge is -2.28. The Morgan fingerprint density at radius 1 is 1.23 bits per heavy atom. The van der Waals surface area contributed by atoms with Gasteiger partial charge in [-0.2, -0.15) is 0 Å². The van der Waals surface area contributed by atoms with E-state index >= 15 is 0 Å². The first kappa shape index (κ1) is 15.1. The molecule has 0 unspecified atom stereocenters. The van der Waals surface area contributed by atoms with Crippen molar-refractivity contribution in [2.24, 2.45) is 5.92 Å². The third-order valence-electron chi connectivity index (χ3n) is 4.96. The van der Waals surface area contributed by atoms with Crippen LogP contribution >= 0.6 is 0 Å². The van der Waals surface area contributed by atoms with Gasteiger partial charge in [-0.15, -0.1) is 0 Å². The maximum absolute atomic E-state index is 12.6. The summed E-state index contributed by atoms with van der Waals surface area (Å²) in [5.74, 6) is 0.221. The monoisotopic (exact) mass is 301 g/mol. The van der Waals surface area contributed by atoms with Crippen LogP contribution in [0.15, 0.2) is 24.3 Å². The number of ether oxygens (including phenoxy) is 1. The molecule has 22 heavy (non-hydrogen) atoms. The molecule has 0 saturated carbocycles. The summed E-state index contributed by atoms with van der Waals surface area (Å²) < 4.78 is 4.82. The van der Waals surface area contributed by atoms with Gasteiger partial charge in [0.05, 0.1) is 7.11 Å². The molecule has 1 aliphatic carbocycles. The van der Waals surface area contributed by atoms with E-state index < -0.39 is 0 Å². The molecule has 0 aromatic heterocycles. The van der Waals surface area contributed by atoms with Gasteiger partial charge in [0.15, 0.2) is 0 Å². The normalized spacial score (nSPS) is 24.0. The van der Waals surface area contributed by atoms with E-state index in [1.54, 1.807) is 4.90 Å². The lowest BCUT2D eigenvalue weighted by Crippen LogP contribution is -2.42. The van der Waals surface area contributed by atoms with E-state index in [-0.39, 0.29) is 17.9 Å². The molecule has 1 aliphatic heterocycles. The second-order valence-corrected chi connectivity index (χ2v) is 6.35. The van der Waals surface area contributed by atoms with Crippen LogP contribution in [0.2, 0.25) is 0 Å². The first-order chi connectivity index (χ1) is 10.7. The van der Waals surface area contributed by atoms with E-state index in [1.807, 2.05) is 0 Å². The van der Waals surface area contributed by atoms with Crippen LogP contribution in [-0.2, 0) is 27.2 Å². The molecule has 1 fully saturated rings. The second-order valence-electron chi connectivity index (χ2n) is 6.35. The van der Waals surface area contributed by atoms with Crippen LogP contribution in [0.25, 0.3) is 0 Å². The minimum absolute atomic E-state index is 0.109. The zero-order valence-electron chi connectivity index (χ0n) is 13.1. The van der Waals surface area contributed by atoms with Gasteiger partial charge in [0.25, 0.3) is 0 Å². The first-order valence-corrected chi connectivity index (χ1v) is 8.13. The molecule has 1 aromatic rings. The predicted molar refractivity (Wildman–Crippen MR) is 83.3 cm³/mol. The van der Waals surface area contributed by atoms with Gasteiger partial charge in [-0.1, -0.05) is 24.3 Å². The van der Waals surface area contributed by atoms with Crippen molar-refractivity contribution < 1.29 is 14.3 Å². The number of hydrogen-bond acceptors (Lipinski definition) is 3. The van der Waals surface area contributed by atoms with Crippen LogP contribution < -0.4 is 0 Å². The minimum Gasteiger partial charge on any atom is -0.467 e. The van der Waals surface area contributed by atoms with Crippen LogP contribution in [0.3, 0.4) is 0 Å². The number of fused-ring (bicyclic) bond motifs is 1. The molecule has 1 saturated heterocycles. The van der Waals surface area contributed by atoms with E-state index in [1.165, 1.54) is 18.2 Å². The van der Waals surface area contributed by atoms with E-state index in [2.05, 4.69) is 24.3 Å². The van der Waals surface area contributed by atoms with E-state index in [9.17, 15) is 9.59 Å². The highest BCUT2D eigenvalue weighted by Crippen LogP contribution is 2.29. The highest BCUT2D eigenvalue weighted by Gasteiger charge is 2.35. The summed E-state index contributed by atoms with van der Waals surface area (Å²) in [5, 5.41) is 0. The molecule has 1 heterocycles. The molecule has 4 nitrogen and oxygen atoms in total. The molecule has 118 valence electrons. The number of nitrogens with zero attached hydrogens (tertiary/aromatic N) is 1. The van der Waals surface area contributed by atoms with Crippen molar-refractivity contribution in [2.75, 3.05) is 13.7 Å². The third kappa shape index (κ3) is 3.01. The molecule has 2 aliphatic rings. The highest BCUT2D eigenvalue weighted by molar-refractivity contribution is 5.85. The summed E-state index contributed by atoms with van der Waals surface area (Å²) >= 11 is 0. The quantitative estimate of drug-likeness (QED) is 0.805. The average Bonchev–Trinajstić information content (AvgIpc) is 3.03. The van der Waals surface area contributed by atoms with Crippen LogP contribution in [0.4, 0.5) is 0 Å². The number of amides is 1. The molecule has 3 rings (SSSR count). The van der Waals surface area contributed by atoms with Crippen molar-refractivity contribution in [2.45, 2.75) is 44.6 Å². The molecule has 1 amide bonds. The fraction of sp³-hybridized carbons (Fsp3) is 0.556. The second kappa shape index (κ2) is 6.51. The van der Waals surface area contributed by atoms with E-state index in [4.69, 9.17) is 4.74 Å². The predicted octanol–water partition coefficient (Wildman–Crippen LogP) is 2.35. The Morgan fingerprint density at radius 3 is 2.77 bits per heavy atom. The lowest BCUT2D eigenvalue weighted by atomic mass is 9.82. The van der Waals surface area contributed by atoms with Crippen molar-refractivity contribution in [3.63, 3.8) is 0 Å². The molecule has 4 heteroatoms. The number of benzene rings is 1. The largest absolute Gasteiger partial charge is 0.467 e. The number of carbonyl (C=O) groups excluding carboxylic acids is 2. The third-order valence-corrected chi connectivity index (χ3v) is 4.96. The summed E-state index contributed by atoms with van der Waals surface area (Å²) in [6.45, 7) is 0.682. The van der Waals surface area contributed by atoms with Crippen LogP contribution in [0.1, 0.15) is 36.8 Å². The number of methoxy groups -OCH3 is 1. The number of aryl methyl sites for hydroxylation is 1. The number of hydrogen-bond donors (Lipinski definition) is 0. The molecule has 0 spiro atoms. The number of rotatable bonds is 3. The van der Waals surface area contributed by atoms with E-state index in [0.717, 1.165) is 32.1 Å². The number of esters is 1. The summed E-state index contributed by atoms with van der Waals surface area (Å²) in [6.07, 6.45) is 5.24. The SMILES string of the molecule is COC(=O)[C@@H]1CCCN1C(=O)C[C@@H]1CCc2ccccc2C1. The molecule has 0 N–H and O–H groups in total. The van der Waals surface area contributed by atoms with Crippen molar-refractivity contribution in [1.82, 2.24) is 4.90 Å². The summed E-state index contributed by atoms with van der Waals surface area (Å²) in [6, 6.07) is 8.13. The van der Waals surface area contributed by atoms with Crippen molar-refractivity contribution in [3.05, 3.63) is 35.4 Å². The molecular formula is C18H23NO3. The topological polar surface area (TPSA) is 46.6 Å². The summed E-state index contributed by atoms with van der Waals surface area (Å²) in [4.78, 5) is 26.1. The van der Waals surface area contributed by atoms with Gasteiger partial charge in [-0.05, 0) is 49.1 Å². The van der Waals surface area contributed by atoms with Gasteiger partial charge in [0.2, 0.25) is 5.91 Å². The maximum Gasteiger partial charge on any atom is 0.328 e. The zero-order chi connectivity index (χ0) is 15.5. The van der Waals surface area contributed by atoms with Gasteiger partial charge in [-0.25, -0.2) is 4.79 Å². The fourth-order valence-electron chi connectivity index (χ4n) is 3.76. The first-order valence-electron chi connectivity index (χ1n) is 8.13. The van der Waals surface area contributed by atoms with Crippen LogP contribution in [0.5, 0.6) is 0 Å². The maximum atomic E-state index is 12.6. The van der Waals surface area contributed by atoms with Crippen LogP contribution in [-0.4, -0.2) is 36.5 Å². The van der Waals surface area contributed by atoms with Gasteiger partial charge in [-0.3, -0.25) is 4.79 Å². The Balaban J connectivity index is 1.62. The molecule has 0 bridgehead atoms. The molecular weight excluding hydrogens is 278 g/mol. The smallest absolute Gasteiger partial charge is 0.328 e. The Labute approximate surface area is 131 Å². The molecule has 1 aromatic carbocycles. The Bertz CT molecular complexity index is 569. The van der Waals surface area contributed by atoms with Gasteiger partial charge in [0, 0.05) is 13.0 Å². The van der Waals surface area contributed by atoms with Crippen LogP contribution in [0, 0.1) is 5.92 Å². The van der Waals surface area contributed by atoms with Crippen molar-refractivity contribution in [1.29, 1.82) is 0 Å². The number of likely N-dealkylation sites (tertiary alicyclic amines) is 1. The van der Waals surface area contributed by atoms with E-state index in [0.29, 0.717) is 18.9 Å². The standard InChI is InChI=1S/C18H23NO3/c1-22-18(21)16-7-4-10-19(16)17(20)12-13-8-9-14-5-2-3-6-15(14)11-13/h2-3,5-6,13,16H,4,7-12H2,1H3/t13-,16+/m1/s1. The lowest BCUT2D eigenvalue weighted by molar-refractivity contribution is -0.151. The van der Waals surface area contributed by atoms with Gasteiger partial charge in [0.1, 0.15) is 6.04 Å². The Morgan fingerprint density at radius 2 is 2.00 bits per heavy atom. The van der Waals surface area contributed by atoms with Crippen molar-refractivity contribution in [3.8, 4) is 0 Å². The van der Waals surface area contributed by atoms with Crippen molar-refractivity contribution >= 4 is 11.9 Å².